The minimum atomic E-state index is 0.774. The topological polar surface area (TPSA) is 41.6 Å². The third-order valence-corrected chi connectivity index (χ3v) is 9.83. The normalized spacial score (nSPS) is 11.7. The Hall–Kier alpha value is -6.58. The lowest BCUT2D eigenvalue weighted by Crippen LogP contribution is -1.92. The fraction of sp³-hybridized carbons (Fsp3) is 0. The molecule has 0 saturated carbocycles. The highest BCUT2D eigenvalue weighted by Gasteiger charge is 2.18. The summed E-state index contributed by atoms with van der Waals surface area (Å²) in [6, 6.07) is 59.0. The van der Waals surface area contributed by atoms with E-state index < -0.39 is 0 Å². The molecule has 0 spiro atoms. The van der Waals surface area contributed by atoms with Crippen LogP contribution < -0.4 is 0 Å². The van der Waals surface area contributed by atoms with E-state index in [1.165, 1.54) is 65.3 Å². The molecule has 49 heavy (non-hydrogen) atoms. The summed E-state index contributed by atoms with van der Waals surface area (Å²) in [7, 11) is 0. The van der Waals surface area contributed by atoms with Crippen molar-refractivity contribution in [2.45, 2.75) is 0 Å². The first kappa shape index (κ1) is 27.5. The number of aromatic amines is 1. The van der Waals surface area contributed by atoms with E-state index in [4.69, 9.17) is 9.97 Å². The highest BCUT2D eigenvalue weighted by atomic mass is 14.9. The molecule has 0 saturated heterocycles. The summed E-state index contributed by atoms with van der Waals surface area (Å²) in [6.45, 7) is 0. The SMILES string of the molecule is c1ccc2cc(-c3c4ccccc4c(-c4ccc5ccccc5c4)c4cc(-c5ccc(-c6nc7ccccc7[nH]6)nc5)ccc34)ccc2c1. The summed E-state index contributed by atoms with van der Waals surface area (Å²) >= 11 is 0. The molecule has 10 rings (SSSR count). The summed E-state index contributed by atoms with van der Waals surface area (Å²) in [6.07, 6.45) is 1.96. The lowest BCUT2D eigenvalue weighted by Gasteiger charge is -2.19. The van der Waals surface area contributed by atoms with Crippen LogP contribution in [0.1, 0.15) is 0 Å². The van der Waals surface area contributed by atoms with Crippen molar-refractivity contribution in [3.63, 3.8) is 0 Å². The van der Waals surface area contributed by atoms with Gasteiger partial charge in [-0.05, 0) is 107 Å². The van der Waals surface area contributed by atoms with Gasteiger partial charge in [-0.2, -0.15) is 0 Å². The summed E-state index contributed by atoms with van der Waals surface area (Å²) in [4.78, 5) is 13.0. The number of benzene rings is 8. The molecule has 0 amide bonds. The molecule has 0 aliphatic carbocycles. The average Bonchev–Trinajstić information content (AvgIpc) is 3.61. The molecule has 10 aromatic rings. The highest BCUT2D eigenvalue weighted by molar-refractivity contribution is 6.22. The van der Waals surface area contributed by atoms with Gasteiger partial charge in [-0.3, -0.25) is 4.98 Å². The predicted octanol–water partition coefficient (Wildman–Crippen LogP) is 12.2. The van der Waals surface area contributed by atoms with Crippen LogP contribution in [0.4, 0.5) is 0 Å². The molecule has 0 aliphatic rings. The molecule has 0 aliphatic heterocycles. The van der Waals surface area contributed by atoms with Crippen molar-refractivity contribution in [2.24, 2.45) is 0 Å². The molecule has 1 N–H and O–H groups in total. The van der Waals surface area contributed by atoms with Crippen LogP contribution in [-0.4, -0.2) is 15.0 Å². The molecular formula is C46H29N3. The largest absolute Gasteiger partial charge is 0.337 e. The standard InChI is InChI=1S/C46H29N3/c1-3-11-31-25-34(19-17-29(31)9-1)44-37-13-5-6-14-38(37)45(35-20-18-30-10-2-4-12-32(30)26-35)40-27-33(21-23-39(40)44)36-22-24-43(47-28-36)46-48-41-15-7-8-16-42(41)49-46/h1-28H,(H,48,49). The molecule has 2 aromatic heterocycles. The molecule has 3 heteroatoms. The Morgan fingerprint density at radius 2 is 0.939 bits per heavy atom. The maximum Gasteiger partial charge on any atom is 0.157 e. The van der Waals surface area contributed by atoms with Gasteiger partial charge < -0.3 is 4.98 Å². The Labute approximate surface area is 283 Å². The first-order chi connectivity index (χ1) is 24.3. The minimum absolute atomic E-state index is 0.774. The second kappa shape index (κ2) is 11.0. The number of fused-ring (bicyclic) bond motifs is 5. The summed E-state index contributed by atoms with van der Waals surface area (Å²) in [5.74, 6) is 0.774. The van der Waals surface area contributed by atoms with Crippen molar-refractivity contribution < 1.29 is 0 Å². The maximum atomic E-state index is 4.87. The molecular weight excluding hydrogens is 595 g/mol. The van der Waals surface area contributed by atoms with Gasteiger partial charge in [0.25, 0.3) is 0 Å². The number of para-hydroxylation sites is 2. The van der Waals surface area contributed by atoms with Gasteiger partial charge in [0.05, 0.1) is 11.0 Å². The number of pyridine rings is 1. The Bertz CT molecular complexity index is 2850. The van der Waals surface area contributed by atoms with Gasteiger partial charge in [-0.25, -0.2) is 4.98 Å². The van der Waals surface area contributed by atoms with E-state index in [-0.39, 0.29) is 0 Å². The minimum Gasteiger partial charge on any atom is -0.337 e. The smallest absolute Gasteiger partial charge is 0.157 e. The van der Waals surface area contributed by atoms with Gasteiger partial charge in [-0.15, -0.1) is 0 Å². The molecule has 3 nitrogen and oxygen atoms in total. The third kappa shape index (κ3) is 4.59. The summed E-state index contributed by atoms with van der Waals surface area (Å²) in [5.41, 5.74) is 9.88. The maximum absolute atomic E-state index is 4.87. The third-order valence-electron chi connectivity index (χ3n) is 9.83. The fourth-order valence-electron chi connectivity index (χ4n) is 7.45. The van der Waals surface area contributed by atoms with Gasteiger partial charge in [-0.1, -0.05) is 127 Å². The second-order valence-corrected chi connectivity index (χ2v) is 12.7. The molecule has 0 atom stereocenters. The number of rotatable bonds is 4. The van der Waals surface area contributed by atoms with Crippen LogP contribution in [0.25, 0.3) is 99.0 Å². The van der Waals surface area contributed by atoms with Crippen LogP contribution in [0, 0.1) is 0 Å². The lowest BCUT2D eigenvalue weighted by molar-refractivity contribution is 1.24. The quantitative estimate of drug-likeness (QED) is 0.198. The Morgan fingerprint density at radius 1 is 0.388 bits per heavy atom. The number of hydrogen-bond donors (Lipinski definition) is 1. The number of hydrogen-bond acceptors (Lipinski definition) is 2. The monoisotopic (exact) mass is 623 g/mol. The number of nitrogens with zero attached hydrogens (tertiary/aromatic N) is 2. The zero-order valence-corrected chi connectivity index (χ0v) is 26.6. The van der Waals surface area contributed by atoms with Crippen LogP contribution in [-0.2, 0) is 0 Å². The first-order valence-electron chi connectivity index (χ1n) is 16.7. The van der Waals surface area contributed by atoms with E-state index in [9.17, 15) is 0 Å². The molecule has 0 fully saturated rings. The molecule has 0 radical (unpaired) electrons. The zero-order valence-electron chi connectivity index (χ0n) is 26.6. The van der Waals surface area contributed by atoms with Crippen LogP contribution in [0.3, 0.4) is 0 Å². The van der Waals surface area contributed by atoms with Gasteiger partial charge in [0.15, 0.2) is 5.82 Å². The Kier molecular flexibility index (Phi) is 6.18. The predicted molar refractivity (Wildman–Crippen MR) is 206 cm³/mol. The average molecular weight is 624 g/mol. The van der Waals surface area contributed by atoms with Crippen molar-refractivity contribution in [2.75, 3.05) is 0 Å². The number of aromatic nitrogens is 3. The second-order valence-electron chi connectivity index (χ2n) is 12.7. The summed E-state index contributed by atoms with van der Waals surface area (Å²) in [5, 5.41) is 9.89. The van der Waals surface area contributed by atoms with Crippen LogP contribution in [0.5, 0.6) is 0 Å². The van der Waals surface area contributed by atoms with Crippen molar-refractivity contribution in [1.29, 1.82) is 0 Å². The van der Waals surface area contributed by atoms with Crippen molar-refractivity contribution in [3.8, 4) is 44.9 Å². The zero-order chi connectivity index (χ0) is 32.3. The Morgan fingerprint density at radius 3 is 1.59 bits per heavy atom. The molecule has 228 valence electrons. The van der Waals surface area contributed by atoms with E-state index in [1.807, 2.05) is 30.5 Å². The highest BCUT2D eigenvalue weighted by Crippen LogP contribution is 2.45. The van der Waals surface area contributed by atoms with E-state index in [2.05, 4.69) is 145 Å². The lowest BCUT2D eigenvalue weighted by atomic mass is 9.84. The molecule has 2 heterocycles. The number of nitrogens with one attached hydrogen (secondary N) is 1. The van der Waals surface area contributed by atoms with Gasteiger partial charge in [0.1, 0.15) is 5.69 Å². The molecule has 8 aromatic carbocycles. The van der Waals surface area contributed by atoms with E-state index in [0.29, 0.717) is 0 Å². The van der Waals surface area contributed by atoms with Gasteiger partial charge in [0.2, 0.25) is 0 Å². The van der Waals surface area contributed by atoms with E-state index in [1.54, 1.807) is 0 Å². The van der Waals surface area contributed by atoms with Crippen LogP contribution >= 0.6 is 0 Å². The van der Waals surface area contributed by atoms with E-state index >= 15 is 0 Å². The molecule has 0 unspecified atom stereocenters. The molecule has 0 bridgehead atoms. The number of H-pyrrole nitrogens is 1. The number of imidazole rings is 1. The van der Waals surface area contributed by atoms with Gasteiger partial charge in [0, 0.05) is 11.8 Å². The first-order valence-corrected chi connectivity index (χ1v) is 16.7. The van der Waals surface area contributed by atoms with Crippen LogP contribution in [0.2, 0.25) is 0 Å². The van der Waals surface area contributed by atoms with Crippen molar-refractivity contribution >= 4 is 54.1 Å². The van der Waals surface area contributed by atoms with Crippen LogP contribution in [0.15, 0.2) is 170 Å². The fourth-order valence-corrected chi connectivity index (χ4v) is 7.45. The van der Waals surface area contributed by atoms with Crippen molar-refractivity contribution in [1.82, 2.24) is 15.0 Å². The van der Waals surface area contributed by atoms with Gasteiger partial charge >= 0.3 is 0 Å². The Balaban J connectivity index is 1.21. The van der Waals surface area contributed by atoms with Crippen molar-refractivity contribution in [3.05, 3.63) is 170 Å². The summed E-state index contributed by atoms with van der Waals surface area (Å²) < 4.78 is 0. The van der Waals surface area contributed by atoms with E-state index in [0.717, 1.165) is 33.7 Å².